The Balaban J connectivity index is 1.52. The Kier molecular flexibility index (Phi) is 4.43. The molecule has 1 N–H and O–H groups in total. The van der Waals surface area contributed by atoms with Crippen molar-refractivity contribution in [2.24, 2.45) is 0 Å². The molecule has 0 radical (unpaired) electrons. The van der Waals surface area contributed by atoms with Gasteiger partial charge in [0.15, 0.2) is 5.76 Å². The summed E-state index contributed by atoms with van der Waals surface area (Å²) in [5.74, 6) is 1.46. The average Bonchev–Trinajstić information content (AvgIpc) is 3.42. The van der Waals surface area contributed by atoms with Crippen LogP contribution < -0.4 is 5.32 Å². The molecule has 1 aliphatic rings. The van der Waals surface area contributed by atoms with E-state index in [4.69, 9.17) is 8.94 Å². The first kappa shape index (κ1) is 16.4. The van der Waals surface area contributed by atoms with Crippen LogP contribution in [0.3, 0.4) is 0 Å². The molecule has 3 aromatic rings. The molecule has 0 spiro atoms. The highest BCUT2D eigenvalue weighted by Crippen LogP contribution is 2.25. The van der Waals surface area contributed by atoms with Crippen LogP contribution in [-0.4, -0.2) is 34.0 Å². The number of rotatable bonds is 5. The second-order valence-corrected chi connectivity index (χ2v) is 6.34. The number of likely N-dealkylation sites (tertiary alicyclic amines) is 1. The number of carbonyl (C=O) groups excluding carboxylic acids is 1. The predicted octanol–water partition coefficient (Wildman–Crippen LogP) is 3.49. The lowest BCUT2D eigenvalue weighted by molar-refractivity contribution is 0.0793. The van der Waals surface area contributed by atoms with Gasteiger partial charge in [-0.25, -0.2) is 0 Å². The molecular formula is C19H20N4O3. The summed E-state index contributed by atoms with van der Waals surface area (Å²) in [6.07, 6.45) is 3.70. The van der Waals surface area contributed by atoms with Crippen molar-refractivity contribution < 1.29 is 13.7 Å². The molecule has 1 aromatic carbocycles. The fourth-order valence-corrected chi connectivity index (χ4v) is 3.17. The van der Waals surface area contributed by atoms with Gasteiger partial charge in [0.05, 0.1) is 24.1 Å². The van der Waals surface area contributed by atoms with Crippen LogP contribution in [0.4, 0.5) is 5.69 Å². The zero-order chi connectivity index (χ0) is 17.9. The van der Waals surface area contributed by atoms with Gasteiger partial charge in [0.25, 0.3) is 5.91 Å². The third-order valence-corrected chi connectivity index (χ3v) is 4.52. The normalized spacial score (nSPS) is 14.0. The molecule has 1 amide bonds. The SMILES string of the molecule is Cc1cccc(C(=O)N2CCCC2)c1NCc1nc(-c2ccco2)no1. The molecule has 0 aliphatic carbocycles. The zero-order valence-corrected chi connectivity index (χ0v) is 14.6. The lowest BCUT2D eigenvalue weighted by Crippen LogP contribution is -2.28. The zero-order valence-electron chi connectivity index (χ0n) is 14.6. The molecule has 2 aromatic heterocycles. The first-order valence-electron chi connectivity index (χ1n) is 8.71. The number of amides is 1. The number of aryl methyl sites for hydroxylation is 1. The number of furan rings is 1. The highest BCUT2D eigenvalue weighted by atomic mass is 16.5. The maximum absolute atomic E-state index is 12.8. The van der Waals surface area contributed by atoms with Crippen molar-refractivity contribution in [1.82, 2.24) is 15.0 Å². The van der Waals surface area contributed by atoms with Crippen molar-refractivity contribution in [2.75, 3.05) is 18.4 Å². The number of para-hydroxylation sites is 1. The topological polar surface area (TPSA) is 84.4 Å². The lowest BCUT2D eigenvalue weighted by atomic mass is 10.1. The monoisotopic (exact) mass is 352 g/mol. The van der Waals surface area contributed by atoms with Gasteiger partial charge in [0.1, 0.15) is 0 Å². The van der Waals surface area contributed by atoms with Gasteiger partial charge in [0.2, 0.25) is 11.7 Å². The van der Waals surface area contributed by atoms with Gasteiger partial charge in [-0.1, -0.05) is 17.3 Å². The van der Waals surface area contributed by atoms with Crippen LogP contribution in [0.5, 0.6) is 0 Å². The molecular weight excluding hydrogens is 332 g/mol. The van der Waals surface area contributed by atoms with E-state index in [-0.39, 0.29) is 5.91 Å². The Hall–Kier alpha value is -3.09. The predicted molar refractivity (Wildman–Crippen MR) is 95.6 cm³/mol. The molecule has 134 valence electrons. The van der Waals surface area contributed by atoms with E-state index in [1.165, 1.54) is 0 Å². The minimum atomic E-state index is 0.0653. The number of carbonyl (C=O) groups is 1. The average molecular weight is 352 g/mol. The standard InChI is InChI=1S/C19H20N4O3/c1-13-6-4-7-14(19(24)23-9-2-3-10-23)17(13)20-12-16-21-18(22-26-16)15-8-5-11-25-15/h4-8,11,20H,2-3,9-10,12H2,1H3. The maximum atomic E-state index is 12.8. The molecule has 3 heterocycles. The number of benzene rings is 1. The summed E-state index contributed by atoms with van der Waals surface area (Å²) in [6, 6.07) is 9.29. The van der Waals surface area contributed by atoms with Crippen molar-refractivity contribution in [1.29, 1.82) is 0 Å². The van der Waals surface area contributed by atoms with E-state index in [1.54, 1.807) is 18.4 Å². The van der Waals surface area contributed by atoms with Crippen LogP contribution in [0.1, 0.15) is 34.7 Å². The van der Waals surface area contributed by atoms with E-state index < -0.39 is 0 Å². The van der Waals surface area contributed by atoms with Crippen LogP contribution in [0.2, 0.25) is 0 Å². The third-order valence-electron chi connectivity index (χ3n) is 4.52. The largest absolute Gasteiger partial charge is 0.461 e. The van der Waals surface area contributed by atoms with Crippen LogP contribution in [0.15, 0.2) is 45.5 Å². The Labute approximate surface area is 151 Å². The molecule has 0 saturated carbocycles. The first-order chi connectivity index (χ1) is 12.7. The second-order valence-electron chi connectivity index (χ2n) is 6.34. The van der Waals surface area contributed by atoms with Crippen molar-refractivity contribution in [3.05, 3.63) is 53.6 Å². The number of nitrogens with zero attached hydrogens (tertiary/aromatic N) is 3. The van der Waals surface area contributed by atoms with Crippen molar-refractivity contribution >= 4 is 11.6 Å². The van der Waals surface area contributed by atoms with E-state index in [1.807, 2.05) is 30.0 Å². The molecule has 0 unspecified atom stereocenters. The number of nitrogens with one attached hydrogen (secondary N) is 1. The lowest BCUT2D eigenvalue weighted by Gasteiger charge is -2.19. The van der Waals surface area contributed by atoms with Crippen molar-refractivity contribution in [3.63, 3.8) is 0 Å². The molecule has 7 nitrogen and oxygen atoms in total. The number of aromatic nitrogens is 2. The first-order valence-corrected chi connectivity index (χ1v) is 8.71. The summed E-state index contributed by atoms with van der Waals surface area (Å²) in [5, 5.41) is 7.21. The van der Waals surface area contributed by atoms with Gasteiger partial charge in [-0.05, 0) is 43.5 Å². The Bertz CT molecular complexity index is 895. The van der Waals surface area contributed by atoms with Crippen molar-refractivity contribution in [2.45, 2.75) is 26.3 Å². The van der Waals surface area contributed by atoms with Crippen molar-refractivity contribution in [3.8, 4) is 11.6 Å². The summed E-state index contributed by atoms with van der Waals surface area (Å²) in [4.78, 5) is 19.0. The summed E-state index contributed by atoms with van der Waals surface area (Å²) in [7, 11) is 0. The molecule has 4 rings (SSSR count). The Morgan fingerprint density at radius 3 is 2.85 bits per heavy atom. The van der Waals surface area contributed by atoms with Crippen LogP contribution in [-0.2, 0) is 6.54 Å². The van der Waals surface area contributed by atoms with E-state index in [9.17, 15) is 4.79 Å². The van der Waals surface area contributed by atoms with Gasteiger partial charge >= 0.3 is 0 Å². The molecule has 1 fully saturated rings. The van der Waals surface area contributed by atoms with Gasteiger partial charge in [-0.2, -0.15) is 4.98 Å². The van der Waals surface area contributed by atoms with E-state index in [0.29, 0.717) is 29.6 Å². The molecule has 0 bridgehead atoms. The molecule has 1 aliphatic heterocycles. The summed E-state index contributed by atoms with van der Waals surface area (Å²) >= 11 is 0. The molecule has 1 saturated heterocycles. The quantitative estimate of drug-likeness (QED) is 0.757. The highest BCUT2D eigenvalue weighted by Gasteiger charge is 2.22. The fourth-order valence-electron chi connectivity index (χ4n) is 3.17. The minimum absolute atomic E-state index is 0.0653. The Morgan fingerprint density at radius 2 is 2.08 bits per heavy atom. The van der Waals surface area contributed by atoms with Crippen LogP contribution in [0, 0.1) is 6.92 Å². The molecule has 0 atom stereocenters. The fraction of sp³-hybridized carbons (Fsp3) is 0.316. The molecule has 7 heteroatoms. The number of hydrogen-bond donors (Lipinski definition) is 1. The van der Waals surface area contributed by atoms with Gasteiger partial charge in [0, 0.05) is 13.1 Å². The van der Waals surface area contributed by atoms with E-state index in [2.05, 4.69) is 15.5 Å². The van der Waals surface area contributed by atoms with Crippen LogP contribution in [0.25, 0.3) is 11.6 Å². The minimum Gasteiger partial charge on any atom is -0.461 e. The van der Waals surface area contributed by atoms with E-state index in [0.717, 1.165) is 37.2 Å². The third kappa shape index (κ3) is 3.20. The Morgan fingerprint density at radius 1 is 1.23 bits per heavy atom. The van der Waals surface area contributed by atoms with Gasteiger partial charge in [-0.15, -0.1) is 0 Å². The smallest absolute Gasteiger partial charge is 0.255 e. The van der Waals surface area contributed by atoms with Crippen LogP contribution >= 0.6 is 0 Å². The van der Waals surface area contributed by atoms with E-state index >= 15 is 0 Å². The highest BCUT2D eigenvalue weighted by molar-refractivity contribution is 6.00. The number of hydrogen-bond acceptors (Lipinski definition) is 6. The second kappa shape index (κ2) is 7.03. The molecule has 26 heavy (non-hydrogen) atoms. The van der Waals surface area contributed by atoms with Gasteiger partial charge < -0.3 is 19.2 Å². The van der Waals surface area contributed by atoms with Gasteiger partial charge in [-0.3, -0.25) is 4.79 Å². The number of anilines is 1. The summed E-state index contributed by atoms with van der Waals surface area (Å²) in [6.45, 7) is 3.95. The summed E-state index contributed by atoms with van der Waals surface area (Å²) < 4.78 is 10.5. The maximum Gasteiger partial charge on any atom is 0.255 e. The summed E-state index contributed by atoms with van der Waals surface area (Å²) in [5.41, 5.74) is 2.49.